The standard InChI is InChI=1S/C16H18ClF2N3O2S/c1-22(2)12(14-4-3-7-25-14)9-20-16(23)21-10-5-6-13(11(17)8-10)24-15(18)19/h3-8,12,15H,9H2,1-2H3,(H2,20,21,23). The van der Waals surface area contributed by atoms with Crippen LogP contribution in [0.2, 0.25) is 5.02 Å². The fourth-order valence-electron chi connectivity index (χ4n) is 2.15. The van der Waals surface area contributed by atoms with Crippen molar-refractivity contribution in [1.82, 2.24) is 10.2 Å². The van der Waals surface area contributed by atoms with E-state index in [0.29, 0.717) is 12.2 Å². The molecule has 1 aromatic heterocycles. The molecule has 2 rings (SSSR count). The highest BCUT2D eigenvalue weighted by atomic mass is 35.5. The van der Waals surface area contributed by atoms with Gasteiger partial charge in [0, 0.05) is 17.1 Å². The van der Waals surface area contributed by atoms with Crippen molar-refractivity contribution < 1.29 is 18.3 Å². The van der Waals surface area contributed by atoms with E-state index in [2.05, 4.69) is 15.4 Å². The van der Waals surface area contributed by atoms with Gasteiger partial charge in [0.05, 0.1) is 11.1 Å². The van der Waals surface area contributed by atoms with Crippen LogP contribution in [0.5, 0.6) is 5.75 Å². The topological polar surface area (TPSA) is 53.6 Å². The zero-order valence-electron chi connectivity index (χ0n) is 13.6. The van der Waals surface area contributed by atoms with Gasteiger partial charge in [-0.2, -0.15) is 8.78 Å². The molecular formula is C16H18ClF2N3O2S. The Morgan fingerprint density at radius 2 is 2.12 bits per heavy atom. The van der Waals surface area contributed by atoms with E-state index in [1.807, 2.05) is 36.5 Å². The summed E-state index contributed by atoms with van der Waals surface area (Å²) >= 11 is 7.48. The highest BCUT2D eigenvalue weighted by Crippen LogP contribution is 2.29. The van der Waals surface area contributed by atoms with Gasteiger partial charge in [-0.05, 0) is 43.7 Å². The van der Waals surface area contributed by atoms with E-state index in [-0.39, 0.29) is 16.8 Å². The first-order valence-electron chi connectivity index (χ1n) is 7.36. The van der Waals surface area contributed by atoms with Crippen LogP contribution in [0, 0.1) is 0 Å². The third-order valence-electron chi connectivity index (χ3n) is 3.36. The predicted octanol–water partition coefficient (Wildman–Crippen LogP) is 4.43. The maximum atomic E-state index is 12.2. The number of ether oxygens (including phenoxy) is 1. The van der Waals surface area contributed by atoms with Gasteiger partial charge < -0.3 is 20.3 Å². The van der Waals surface area contributed by atoms with Gasteiger partial charge in [0.2, 0.25) is 0 Å². The van der Waals surface area contributed by atoms with Gasteiger partial charge in [0.1, 0.15) is 5.75 Å². The van der Waals surface area contributed by atoms with Crippen molar-refractivity contribution in [3.05, 3.63) is 45.6 Å². The first kappa shape index (κ1) is 19.4. The van der Waals surface area contributed by atoms with Crippen molar-refractivity contribution in [2.24, 2.45) is 0 Å². The Hall–Kier alpha value is -1.90. The molecule has 2 aromatic rings. The van der Waals surface area contributed by atoms with E-state index in [4.69, 9.17) is 11.6 Å². The van der Waals surface area contributed by atoms with Gasteiger partial charge in [-0.1, -0.05) is 17.7 Å². The summed E-state index contributed by atoms with van der Waals surface area (Å²) in [7, 11) is 3.87. The molecule has 25 heavy (non-hydrogen) atoms. The number of benzene rings is 1. The molecule has 1 aromatic carbocycles. The van der Waals surface area contributed by atoms with Crippen LogP contribution in [0.25, 0.3) is 0 Å². The van der Waals surface area contributed by atoms with Crippen molar-refractivity contribution in [1.29, 1.82) is 0 Å². The Balaban J connectivity index is 1.92. The smallest absolute Gasteiger partial charge is 0.387 e. The number of thiophene rings is 1. The number of hydrogen-bond acceptors (Lipinski definition) is 4. The van der Waals surface area contributed by atoms with Gasteiger partial charge in [0.25, 0.3) is 0 Å². The molecule has 0 bridgehead atoms. The number of urea groups is 1. The van der Waals surface area contributed by atoms with Gasteiger partial charge >= 0.3 is 12.6 Å². The summed E-state index contributed by atoms with van der Waals surface area (Å²) in [6.07, 6.45) is 0. The van der Waals surface area contributed by atoms with E-state index in [9.17, 15) is 13.6 Å². The van der Waals surface area contributed by atoms with E-state index in [1.165, 1.54) is 18.2 Å². The molecule has 1 heterocycles. The fourth-order valence-corrected chi connectivity index (χ4v) is 3.30. The minimum atomic E-state index is -2.96. The summed E-state index contributed by atoms with van der Waals surface area (Å²) in [6.45, 7) is -2.54. The minimum Gasteiger partial charge on any atom is -0.433 e. The lowest BCUT2D eigenvalue weighted by Crippen LogP contribution is -2.36. The van der Waals surface area contributed by atoms with Crippen LogP contribution < -0.4 is 15.4 Å². The number of anilines is 1. The number of halogens is 3. The van der Waals surface area contributed by atoms with E-state index in [1.54, 1.807) is 11.3 Å². The highest BCUT2D eigenvalue weighted by Gasteiger charge is 2.16. The zero-order valence-corrected chi connectivity index (χ0v) is 15.2. The second-order valence-electron chi connectivity index (χ2n) is 5.35. The Labute approximate surface area is 153 Å². The number of hydrogen-bond donors (Lipinski definition) is 2. The second kappa shape index (κ2) is 8.98. The fraction of sp³-hybridized carbons (Fsp3) is 0.312. The molecule has 2 N–H and O–H groups in total. The van der Waals surface area contributed by atoms with E-state index in [0.717, 1.165) is 4.88 Å². The number of carbonyl (C=O) groups is 1. The van der Waals surface area contributed by atoms with Gasteiger partial charge in [-0.3, -0.25) is 0 Å². The average Bonchev–Trinajstić information content (AvgIpc) is 3.03. The molecule has 0 saturated carbocycles. The molecule has 0 fully saturated rings. The molecule has 9 heteroatoms. The Morgan fingerprint density at radius 1 is 1.36 bits per heavy atom. The summed E-state index contributed by atoms with van der Waals surface area (Å²) < 4.78 is 28.7. The van der Waals surface area contributed by atoms with Crippen LogP contribution in [-0.4, -0.2) is 38.2 Å². The Bertz CT molecular complexity index is 699. The summed E-state index contributed by atoms with van der Waals surface area (Å²) in [5.41, 5.74) is 0.377. The van der Waals surface area contributed by atoms with Crippen LogP contribution in [0.1, 0.15) is 10.9 Å². The number of likely N-dealkylation sites (N-methyl/N-ethyl adjacent to an activating group) is 1. The molecule has 5 nitrogen and oxygen atoms in total. The van der Waals surface area contributed by atoms with E-state index < -0.39 is 12.6 Å². The highest BCUT2D eigenvalue weighted by molar-refractivity contribution is 7.10. The molecule has 0 aliphatic rings. The SMILES string of the molecule is CN(C)C(CNC(=O)Nc1ccc(OC(F)F)c(Cl)c1)c1cccs1. The predicted molar refractivity (Wildman–Crippen MR) is 95.9 cm³/mol. The molecule has 0 radical (unpaired) electrons. The molecule has 136 valence electrons. The number of nitrogens with zero attached hydrogens (tertiary/aromatic N) is 1. The molecule has 1 unspecified atom stereocenters. The third-order valence-corrected chi connectivity index (χ3v) is 4.63. The Morgan fingerprint density at radius 3 is 2.68 bits per heavy atom. The molecule has 1 atom stereocenters. The van der Waals surface area contributed by atoms with Crippen molar-refractivity contribution >= 4 is 34.7 Å². The quantitative estimate of drug-likeness (QED) is 0.736. The van der Waals surface area contributed by atoms with Crippen LogP contribution >= 0.6 is 22.9 Å². The van der Waals surface area contributed by atoms with Crippen molar-refractivity contribution in [2.45, 2.75) is 12.7 Å². The van der Waals surface area contributed by atoms with Crippen molar-refractivity contribution in [2.75, 3.05) is 26.0 Å². The number of rotatable bonds is 7. The molecule has 0 spiro atoms. The summed E-state index contributed by atoms with van der Waals surface area (Å²) in [4.78, 5) is 15.2. The van der Waals surface area contributed by atoms with Gasteiger partial charge in [0.15, 0.2) is 0 Å². The lowest BCUT2D eigenvalue weighted by molar-refractivity contribution is -0.0497. The largest absolute Gasteiger partial charge is 0.433 e. The second-order valence-corrected chi connectivity index (χ2v) is 6.74. The number of alkyl halides is 2. The monoisotopic (exact) mass is 389 g/mol. The zero-order chi connectivity index (χ0) is 18.4. The molecule has 0 aliphatic heterocycles. The Kier molecular flexibility index (Phi) is 6.98. The van der Waals surface area contributed by atoms with Crippen molar-refractivity contribution in [3.63, 3.8) is 0 Å². The summed E-state index contributed by atoms with van der Waals surface area (Å²) in [5, 5.41) is 7.37. The van der Waals surface area contributed by atoms with Crippen LogP contribution in [0.15, 0.2) is 35.7 Å². The van der Waals surface area contributed by atoms with Crippen LogP contribution in [0.3, 0.4) is 0 Å². The first-order valence-corrected chi connectivity index (χ1v) is 8.61. The maximum Gasteiger partial charge on any atom is 0.387 e. The lowest BCUT2D eigenvalue weighted by Gasteiger charge is -2.23. The lowest BCUT2D eigenvalue weighted by atomic mass is 10.2. The van der Waals surface area contributed by atoms with E-state index >= 15 is 0 Å². The molecule has 0 saturated heterocycles. The normalized spacial score (nSPS) is 12.3. The summed E-state index contributed by atoms with van der Waals surface area (Å²) in [5.74, 6) is -0.145. The summed E-state index contributed by atoms with van der Waals surface area (Å²) in [6, 6.07) is 7.67. The van der Waals surface area contributed by atoms with Crippen molar-refractivity contribution in [3.8, 4) is 5.75 Å². The number of carbonyl (C=O) groups excluding carboxylic acids is 1. The maximum absolute atomic E-state index is 12.2. The minimum absolute atomic E-state index is 0.0112. The van der Waals surface area contributed by atoms with Crippen LogP contribution in [-0.2, 0) is 0 Å². The number of amides is 2. The first-order chi connectivity index (χ1) is 11.9. The van der Waals surface area contributed by atoms with Gasteiger partial charge in [-0.25, -0.2) is 4.79 Å². The average molecular weight is 390 g/mol. The third kappa shape index (κ3) is 5.84. The number of nitrogens with one attached hydrogen (secondary N) is 2. The van der Waals surface area contributed by atoms with Gasteiger partial charge in [-0.15, -0.1) is 11.3 Å². The molecular weight excluding hydrogens is 372 g/mol. The molecule has 2 amide bonds. The molecule has 0 aliphatic carbocycles. The van der Waals surface area contributed by atoms with Crippen LogP contribution in [0.4, 0.5) is 19.3 Å².